The Kier molecular flexibility index (Phi) is 10.9. The Labute approximate surface area is 229 Å². The van der Waals surface area contributed by atoms with E-state index in [9.17, 15) is 24.3 Å². The van der Waals surface area contributed by atoms with Gasteiger partial charge in [0.25, 0.3) is 0 Å². The van der Waals surface area contributed by atoms with Gasteiger partial charge in [0.2, 0.25) is 11.8 Å². The Balaban J connectivity index is 2.55. The molecular formula is C29H39N3O7. The van der Waals surface area contributed by atoms with Crippen LogP contribution in [-0.2, 0) is 30.3 Å². The predicted octanol–water partition coefficient (Wildman–Crippen LogP) is 3.40. The van der Waals surface area contributed by atoms with Crippen molar-refractivity contribution >= 4 is 23.9 Å². The molecule has 212 valence electrons. The number of nitrogens with zero attached hydrogens (tertiary/aromatic N) is 1. The normalized spacial score (nSPS) is 12.7. The lowest BCUT2D eigenvalue weighted by Gasteiger charge is -2.37. The molecule has 0 fully saturated rings. The maximum atomic E-state index is 14.2. The highest BCUT2D eigenvalue weighted by atomic mass is 16.6. The van der Waals surface area contributed by atoms with Crippen LogP contribution in [0.2, 0.25) is 0 Å². The number of alkyl carbamates (subject to hydrolysis) is 1. The smallest absolute Gasteiger partial charge is 0.408 e. The molecular weight excluding hydrogens is 502 g/mol. The first kappa shape index (κ1) is 31.1. The summed E-state index contributed by atoms with van der Waals surface area (Å²) in [6.07, 6.45) is -0.625. The molecule has 2 aromatic rings. The first-order chi connectivity index (χ1) is 18.2. The maximum Gasteiger partial charge on any atom is 0.408 e. The number of hydrogen-bond donors (Lipinski definition) is 3. The van der Waals surface area contributed by atoms with Crippen molar-refractivity contribution in [2.24, 2.45) is 0 Å². The summed E-state index contributed by atoms with van der Waals surface area (Å²) in [4.78, 5) is 53.6. The van der Waals surface area contributed by atoms with Gasteiger partial charge in [0, 0.05) is 12.5 Å². The molecule has 0 aliphatic heterocycles. The maximum absolute atomic E-state index is 14.2. The molecule has 10 nitrogen and oxygen atoms in total. The van der Waals surface area contributed by atoms with E-state index < -0.39 is 54.1 Å². The van der Waals surface area contributed by atoms with Gasteiger partial charge in [-0.15, -0.1) is 0 Å². The first-order valence-electron chi connectivity index (χ1n) is 12.7. The summed E-state index contributed by atoms with van der Waals surface area (Å²) in [6, 6.07) is 11.0. The molecule has 3 N–H and O–H groups in total. The Morgan fingerprint density at radius 1 is 1.03 bits per heavy atom. The highest BCUT2D eigenvalue weighted by molar-refractivity contribution is 5.93. The van der Waals surface area contributed by atoms with Crippen molar-refractivity contribution in [1.82, 2.24) is 15.5 Å². The van der Waals surface area contributed by atoms with Crippen molar-refractivity contribution in [3.05, 3.63) is 65.2 Å². The van der Waals surface area contributed by atoms with Crippen LogP contribution in [0, 0.1) is 6.92 Å². The van der Waals surface area contributed by atoms with Crippen molar-refractivity contribution in [3.8, 4) is 5.75 Å². The number of nitrogens with one attached hydrogen (secondary N) is 2. The fourth-order valence-electron chi connectivity index (χ4n) is 3.97. The molecule has 0 aromatic heterocycles. The van der Waals surface area contributed by atoms with Crippen LogP contribution in [0.5, 0.6) is 5.75 Å². The molecule has 2 rings (SSSR count). The van der Waals surface area contributed by atoms with Gasteiger partial charge >= 0.3 is 12.1 Å². The lowest BCUT2D eigenvalue weighted by Crippen LogP contribution is -2.56. The first-order valence-corrected chi connectivity index (χ1v) is 12.7. The summed E-state index contributed by atoms with van der Waals surface area (Å²) in [6.45, 7) is 9.93. The fourth-order valence-corrected chi connectivity index (χ4v) is 3.97. The molecule has 0 saturated carbocycles. The van der Waals surface area contributed by atoms with Crippen molar-refractivity contribution < 1.29 is 33.8 Å². The van der Waals surface area contributed by atoms with Crippen LogP contribution >= 0.6 is 0 Å². The molecule has 2 unspecified atom stereocenters. The van der Waals surface area contributed by atoms with Crippen molar-refractivity contribution in [1.29, 1.82) is 0 Å². The van der Waals surface area contributed by atoms with Gasteiger partial charge in [-0.3, -0.25) is 14.4 Å². The molecule has 0 aliphatic rings. The predicted molar refractivity (Wildman–Crippen MR) is 146 cm³/mol. The van der Waals surface area contributed by atoms with E-state index in [-0.39, 0.29) is 12.2 Å². The van der Waals surface area contributed by atoms with E-state index in [1.54, 1.807) is 53.7 Å². The Morgan fingerprint density at radius 2 is 1.67 bits per heavy atom. The van der Waals surface area contributed by atoms with Crippen LogP contribution in [0.25, 0.3) is 0 Å². The van der Waals surface area contributed by atoms with E-state index in [4.69, 9.17) is 4.74 Å². The van der Waals surface area contributed by atoms with E-state index in [0.717, 1.165) is 5.56 Å². The van der Waals surface area contributed by atoms with Gasteiger partial charge in [-0.25, -0.2) is 4.79 Å². The Hall–Kier alpha value is -4.08. The van der Waals surface area contributed by atoms with Gasteiger partial charge in [-0.1, -0.05) is 36.4 Å². The topological polar surface area (TPSA) is 134 Å². The van der Waals surface area contributed by atoms with E-state index in [1.807, 2.05) is 30.3 Å². The van der Waals surface area contributed by atoms with Crippen molar-refractivity contribution in [3.63, 3.8) is 0 Å². The van der Waals surface area contributed by atoms with Gasteiger partial charge in [-0.2, -0.15) is 0 Å². The van der Waals surface area contributed by atoms with Crippen molar-refractivity contribution in [2.75, 3.05) is 13.7 Å². The van der Waals surface area contributed by atoms with E-state index in [2.05, 4.69) is 15.4 Å². The molecule has 0 spiro atoms. The second kappa shape index (κ2) is 13.6. The number of aryl methyl sites for hydroxylation is 1. The van der Waals surface area contributed by atoms with Crippen LogP contribution < -0.4 is 10.6 Å². The Morgan fingerprint density at radius 3 is 2.21 bits per heavy atom. The molecule has 2 aromatic carbocycles. The number of esters is 1. The summed E-state index contributed by atoms with van der Waals surface area (Å²) in [5.41, 5.74) is 0.928. The summed E-state index contributed by atoms with van der Waals surface area (Å²) < 4.78 is 10.1. The highest BCUT2D eigenvalue weighted by Gasteiger charge is 2.38. The molecule has 0 aliphatic carbocycles. The number of hydrogen-bond acceptors (Lipinski definition) is 7. The largest absolute Gasteiger partial charge is 0.508 e. The third-order valence-electron chi connectivity index (χ3n) is 5.78. The van der Waals surface area contributed by atoms with Gasteiger partial charge in [0.1, 0.15) is 30.0 Å². The number of rotatable bonds is 10. The minimum Gasteiger partial charge on any atom is -0.508 e. The number of methoxy groups -OCH3 is 1. The lowest BCUT2D eigenvalue weighted by molar-refractivity contribution is -0.146. The molecule has 10 heteroatoms. The molecule has 0 bridgehead atoms. The summed E-state index contributed by atoms with van der Waals surface area (Å²) in [5, 5.41) is 15.3. The van der Waals surface area contributed by atoms with Gasteiger partial charge < -0.3 is 30.1 Å². The van der Waals surface area contributed by atoms with Crippen LogP contribution in [0.4, 0.5) is 4.79 Å². The second-order valence-corrected chi connectivity index (χ2v) is 10.5. The zero-order valence-electron chi connectivity index (χ0n) is 23.6. The summed E-state index contributed by atoms with van der Waals surface area (Å²) in [7, 11) is 1.20. The quantitative estimate of drug-likeness (QED) is 0.393. The molecule has 0 radical (unpaired) electrons. The molecule has 0 saturated heterocycles. The SMILES string of the molecule is COC(=O)CNC(=O)C(c1ccc(O)c(C)c1)N(C(=O)C(Cc1ccccc1)NC(=O)OC(C)(C)C)C(C)C. The molecule has 2 atom stereocenters. The minimum absolute atomic E-state index is 0.0310. The number of carbonyl (C=O) groups excluding carboxylic acids is 4. The molecule has 3 amide bonds. The van der Waals surface area contributed by atoms with Crippen LogP contribution in [-0.4, -0.2) is 65.2 Å². The standard InChI is InChI=1S/C29H39N3O7/c1-18(2)32(25(26(35)30-17-24(34)38-7)21-13-14-23(33)19(3)15-21)27(36)22(16-20-11-9-8-10-12-20)31-28(37)39-29(4,5)6/h8-15,18,22,25,33H,16-17H2,1-7H3,(H,30,35)(H,31,37). The number of carbonyl (C=O) groups is 4. The minimum atomic E-state index is -1.18. The van der Waals surface area contributed by atoms with E-state index in [0.29, 0.717) is 11.1 Å². The summed E-state index contributed by atoms with van der Waals surface area (Å²) >= 11 is 0. The van der Waals surface area contributed by atoms with Crippen LogP contribution in [0.3, 0.4) is 0 Å². The fraction of sp³-hybridized carbons (Fsp3) is 0.448. The zero-order valence-corrected chi connectivity index (χ0v) is 23.6. The third kappa shape index (κ3) is 9.31. The van der Waals surface area contributed by atoms with Gasteiger partial charge in [0.05, 0.1) is 7.11 Å². The monoisotopic (exact) mass is 541 g/mol. The lowest BCUT2D eigenvalue weighted by atomic mass is 9.97. The third-order valence-corrected chi connectivity index (χ3v) is 5.78. The number of ether oxygens (including phenoxy) is 2. The van der Waals surface area contributed by atoms with Crippen molar-refractivity contribution in [2.45, 2.75) is 71.7 Å². The molecule has 0 heterocycles. The number of amides is 3. The number of aromatic hydroxyl groups is 1. The zero-order chi connectivity index (χ0) is 29.3. The number of phenols is 1. The van der Waals surface area contributed by atoms with Crippen LogP contribution in [0.1, 0.15) is 57.4 Å². The van der Waals surface area contributed by atoms with E-state index in [1.165, 1.54) is 18.1 Å². The number of benzene rings is 2. The number of phenolic OH excluding ortho intramolecular Hbond substituents is 1. The highest BCUT2D eigenvalue weighted by Crippen LogP contribution is 2.29. The van der Waals surface area contributed by atoms with Crippen LogP contribution in [0.15, 0.2) is 48.5 Å². The summed E-state index contributed by atoms with van der Waals surface area (Å²) in [5.74, 6) is -1.77. The average Bonchev–Trinajstić information content (AvgIpc) is 2.85. The Bertz CT molecular complexity index is 1160. The average molecular weight is 542 g/mol. The molecule has 39 heavy (non-hydrogen) atoms. The van der Waals surface area contributed by atoms with Gasteiger partial charge in [0.15, 0.2) is 0 Å². The van der Waals surface area contributed by atoms with E-state index >= 15 is 0 Å². The van der Waals surface area contributed by atoms with Gasteiger partial charge in [-0.05, 0) is 70.4 Å². The second-order valence-electron chi connectivity index (χ2n) is 10.5.